The summed E-state index contributed by atoms with van der Waals surface area (Å²) in [6.07, 6.45) is 0. The third-order valence-corrected chi connectivity index (χ3v) is 3.67. The van der Waals surface area contributed by atoms with Gasteiger partial charge >= 0.3 is 0 Å². The van der Waals surface area contributed by atoms with Gasteiger partial charge < -0.3 is 0 Å². The van der Waals surface area contributed by atoms with Crippen molar-refractivity contribution < 1.29 is 0 Å². The molecule has 0 aliphatic carbocycles. The van der Waals surface area contributed by atoms with Gasteiger partial charge in [0.1, 0.15) is 10.9 Å². The van der Waals surface area contributed by atoms with Crippen molar-refractivity contribution in [1.29, 1.82) is 5.26 Å². The summed E-state index contributed by atoms with van der Waals surface area (Å²) in [5.74, 6) is 0. The number of nitrogens with zero attached hydrogens (tertiary/aromatic N) is 1. The molecule has 0 atom stereocenters. The molecule has 0 unspecified atom stereocenters. The van der Waals surface area contributed by atoms with Gasteiger partial charge in [0.15, 0.2) is 0 Å². The Balaban J connectivity index is 2.35. The van der Waals surface area contributed by atoms with Gasteiger partial charge in [-0.15, -0.1) is 11.3 Å². The molecule has 17 heavy (non-hydrogen) atoms. The highest BCUT2D eigenvalue weighted by atomic mass is 32.1. The first-order chi connectivity index (χ1) is 8.40. The quantitative estimate of drug-likeness (QED) is 0.611. The molecule has 0 spiro atoms. The largest absolute Gasteiger partial charge is 0.192 e. The maximum Gasteiger partial charge on any atom is 0.112 e. The monoisotopic (exact) mass is 235 g/mol. The van der Waals surface area contributed by atoms with Gasteiger partial charge in [0.25, 0.3) is 0 Å². The third kappa shape index (κ3) is 1.61. The smallest absolute Gasteiger partial charge is 0.112 e. The predicted octanol–water partition coefficient (Wildman–Crippen LogP) is 4.44. The summed E-state index contributed by atoms with van der Waals surface area (Å²) in [5, 5.41) is 13.5. The lowest BCUT2D eigenvalue weighted by Gasteiger charge is -2.05. The summed E-state index contributed by atoms with van der Waals surface area (Å²) >= 11 is 1.49. The van der Waals surface area contributed by atoms with Crippen LogP contribution in [-0.4, -0.2) is 0 Å². The molecule has 0 N–H and O–H groups in total. The van der Waals surface area contributed by atoms with Gasteiger partial charge in [0.2, 0.25) is 0 Å². The van der Waals surface area contributed by atoms with E-state index in [2.05, 4.69) is 30.3 Å². The minimum Gasteiger partial charge on any atom is -0.192 e. The van der Waals surface area contributed by atoms with E-state index >= 15 is 0 Å². The molecule has 3 rings (SSSR count). The van der Waals surface area contributed by atoms with Crippen molar-refractivity contribution in [2.75, 3.05) is 0 Å². The molecule has 0 saturated heterocycles. The first-order valence-corrected chi connectivity index (χ1v) is 6.24. The molecule has 0 amide bonds. The van der Waals surface area contributed by atoms with E-state index in [1.807, 2.05) is 29.6 Å². The van der Waals surface area contributed by atoms with Crippen molar-refractivity contribution in [1.82, 2.24) is 0 Å². The number of benzene rings is 2. The summed E-state index contributed by atoms with van der Waals surface area (Å²) in [5.41, 5.74) is 2.18. The average Bonchev–Trinajstić information content (AvgIpc) is 2.86. The van der Waals surface area contributed by atoms with Crippen LogP contribution in [0.25, 0.3) is 21.9 Å². The Labute approximate surface area is 104 Å². The lowest BCUT2D eigenvalue weighted by atomic mass is 9.99. The summed E-state index contributed by atoms with van der Waals surface area (Å²) < 4.78 is 0. The van der Waals surface area contributed by atoms with Crippen LogP contribution in [-0.2, 0) is 0 Å². The van der Waals surface area contributed by atoms with E-state index in [1.54, 1.807) is 0 Å². The molecule has 0 bridgehead atoms. The fourth-order valence-corrected chi connectivity index (χ4v) is 2.77. The van der Waals surface area contributed by atoms with E-state index in [0.29, 0.717) is 0 Å². The minimum atomic E-state index is 0.779. The van der Waals surface area contributed by atoms with Crippen molar-refractivity contribution in [3.8, 4) is 17.2 Å². The Morgan fingerprint density at radius 3 is 2.59 bits per heavy atom. The third-order valence-electron chi connectivity index (χ3n) is 2.85. The van der Waals surface area contributed by atoms with Crippen LogP contribution >= 0.6 is 11.3 Å². The predicted molar refractivity (Wildman–Crippen MR) is 72.0 cm³/mol. The van der Waals surface area contributed by atoms with Crippen LogP contribution in [0.5, 0.6) is 0 Å². The highest BCUT2D eigenvalue weighted by molar-refractivity contribution is 7.11. The topological polar surface area (TPSA) is 23.8 Å². The summed E-state index contributed by atoms with van der Waals surface area (Å²) in [6.45, 7) is 0. The van der Waals surface area contributed by atoms with E-state index in [9.17, 15) is 0 Å². The van der Waals surface area contributed by atoms with Crippen molar-refractivity contribution in [2.24, 2.45) is 0 Å². The van der Waals surface area contributed by atoms with Gasteiger partial charge in [-0.3, -0.25) is 0 Å². The van der Waals surface area contributed by atoms with E-state index in [-0.39, 0.29) is 0 Å². The lowest BCUT2D eigenvalue weighted by molar-refractivity contribution is 1.52. The molecule has 2 aromatic carbocycles. The summed E-state index contributed by atoms with van der Waals surface area (Å²) in [4.78, 5) is 0.779. The van der Waals surface area contributed by atoms with E-state index in [0.717, 1.165) is 16.0 Å². The Hall–Kier alpha value is -2.11. The van der Waals surface area contributed by atoms with Crippen molar-refractivity contribution in [3.63, 3.8) is 0 Å². The zero-order valence-corrected chi connectivity index (χ0v) is 9.87. The number of hydrogen-bond acceptors (Lipinski definition) is 2. The van der Waals surface area contributed by atoms with Crippen molar-refractivity contribution in [3.05, 3.63) is 58.8 Å². The van der Waals surface area contributed by atoms with Crippen LogP contribution in [0.15, 0.2) is 53.9 Å². The van der Waals surface area contributed by atoms with Gasteiger partial charge in [-0.2, -0.15) is 5.26 Å². The molecule has 0 aliphatic heterocycles. The molecule has 0 saturated carbocycles. The second-order valence-corrected chi connectivity index (χ2v) is 4.72. The Morgan fingerprint density at radius 2 is 1.71 bits per heavy atom. The number of nitriles is 1. The molecule has 1 aromatic heterocycles. The second kappa shape index (κ2) is 4.04. The normalized spacial score (nSPS) is 10.3. The second-order valence-electron chi connectivity index (χ2n) is 3.80. The van der Waals surface area contributed by atoms with Crippen LogP contribution in [0, 0.1) is 11.3 Å². The summed E-state index contributed by atoms with van der Waals surface area (Å²) in [7, 11) is 0. The SMILES string of the molecule is N#Cc1sccc1-c1cccc2ccccc12. The van der Waals surface area contributed by atoms with Crippen LogP contribution in [0.4, 0.5) is 0 Å². The standard InChI is InChI=1S/C15H9NS/c16-10-15-14(8-9-17-15)13-7-3-5-11-4-1-2-6-12(11)13/h1-9H. The molecule has 1 nitrogen and oxygen atoms in total. The number of fused-ring (bicyclic) bond motifs is 1. The highest BCUT2D eigenvalue weighted by Crippen LogP contribution is 2.33. The highest BCUT2D eigenvalue weighted by Gasteiger charge is 2.08. The fourth-order valence-electron chi connectivity index (χ4n) is 2.07. The van der Waals surface area contributed by atoms with E-state index in [1.165, 1.54) is 22.1 Å². The first-order valence-electron chi connectivity index (χ1n) is 5.36. The minimum absolute atomic E-state index is 0.779. The summed E-state index contributed by atoms with van der Waals surface area (Å²) in [6, 6.07) is 18.7. The Bertz CT molecular complexity index is 714. The van der Waals surface area contributed by atoms with Crippen molar-refractivity contribution in [2.45, 2.75) is 0 Å². The molecular formula is C15H9NS. The average molecular weight is 235 g/mol. The van der Waals surface area contributed by atoms with Crippen LogP contribution in [0.2, 0.25) is 0 Å². The van der Waals surface area contributed by atoms with Gasteiger partial charge in [0.05, 0.1) is 0 Å². The molecule has 0 radical (unpaired) electrons. The molecule has 3 aromatic rings. The number of hydrogen-bond donors (Lipinski definition) is 0. The molecular weight excluding hydrogens is 226 g/mol. The number of rotatable bonds is 1. The van der Waals surface area contributed by atoms with E-state index in [4.69, 9.17) is 5.26 Å². The van der Waals surface area contributed by atoms with Crippen LogP contribution < -0.4 is 0 Å². The molecule has 1 heterocycles. The van der Waals surface area contributed by atoms with Crippen molar-refractivity contribution >= 4 is 22.1 Å². The Morgan fingerprint density at radius 1 is 0.882 bits per heavy atom. The molecule has 0 fully saturated rings. The number of thiophene rings is 1. The van der Waals surface area contributed by atoms with Crippen LogP contribution in [0.1, 0.15) is 4.88 Å². The zero-order valence-electron chi connectivity index (χ0n) is 9.05. The van der Waals surface area contributed by atoms with Gasteiger partial charge in [-0.1, -0.05) is 42.5 Å². The van der Waals surface area contributed by atoms with Gasteiger partial charge in [0, 0.05) is 5.56 Å². The van der Waals surface area contributed by atoms with E-state index < -0.39 is 0 Å². The molecule has 0 aliphatic rings. The molecule has 80 valence electrons. The van der Waals surface area contributed by atoms with Crippen LogP contribution in [0.3, 0.4) is 0 Å². The Kier molecular flexibility index (Phi) is 2.40. The van der Waals surface area contributed by atoms with Gasteiger partial charge in [-0.25, -0.2) is 0 Å². The van der Waals surface area contributed by atoms with Gasteiger partial charge in [-0.05, 0) is 27.8 Å². The fraction of sp³-hybridized carbons (Fsp3) is 0. The molecule has 2 heteroatoms. The maximum absolute atomic E-state index is 9.10. The lowest BCUT2D eigenvalue weighted by Crippen LogP contribution is -1.80. The maximum atomic E-state index is 9.10. The first kappa shape index (κ1) is 10.1. The zero-order chi connectivity index (χ0) is 11.7.